The molecular weight excluding hydrogens is 166 g/mol. The van der Waals surface area contributed by atoms with Crippen molar-refractivity contribution < 1.29 is 9.53 Å². The minimum absolute atomic E-state index is 0.383. The highest BCUT2D eigenvalue weighted by molar-refractivity contribution is 5.77. The van der Waals surface area contributed by atoms with Gasteiger partial charge < -0.3 is 4.74 Å². The van der Waals surface area contributed by atoms with Crippen LogP contribution in [-0.4, -0.2) is 43.5 Å². The molecule has 0 amide bonds. The molecule has 1 rings (SSSR count). The maximum absolute atomic E-state index is 11.0. The summed E-state index contributed by atoms with van der Waals surface area (Å²) in [6.07, 6.45) is 2.43. The van der Waals surface area contributed by atoms with Crippen LogP contribution in [0, 0.1) is 0 Å². The van der Waals surface area contributed by atoms with Gasteiger partial charge in [0.15, 0.2) is 0 Å². The van der Waals surface area contributed by atoms with E-state index < -0.39 is 0 Å². The van der Waals surface area contributed by atoms with Gasteiger partial charge in [0, 0.05) is 25.9 Å². The second-order valence-corrected chi connectivity index (χ2v) is 3.45. The van der Waals surface area contributed by atoms with Crippen LogP contribution < -0.4 is 0 Å². The van der Waals surface area contributed by atoms with Gasteiger partial charge in [0.2, 0.25) is 0 Å². The van der Waals surface area contributed by atoms with Crippen molar-refractivity contribution in [2.45, 2.75) is 26.2 Å². The predicted octanol–water partition coefficient (Wildman–Crippen LogP) is 1.08. The van der Waals surface area contributed by atoms with Crippen LogP contribution in [0.5, 0.6) is 0 Å². The lowest BCUT2D eigenvalue weighted by molar-refractivity contribution is -0.118. The van der Waals surface area contributed by atoms with Gasteiger partial charge in [-0.15, -0.1) is 0 Å². The van der Waals surface area contributed by atoms with Crippen molar-refractivity contribution in [2.75, 3.05) is 32.8 Å². The Kier molecular flexibility index (Phi) is 5.01. The van der Waals surface area contributed by atoms with E-state index in [4.69, 9.17) is 4.74 Å². The fourth-order valence-electron chi connectivity index (χ4n) is 1.50. The quantitative estimate of drug-likeness (QED) is 0.642. The Bertz CT molecular complexity index is 153. The number of nitrogens with zero attached hydrogens (tertiary/aromatic N) is 1. The Hall–Kier alpha value is -0.410. The molecule has 0 spiro atoms. The normalized spacial score (nSPS) is 18.8. The Morgan fingerprint density at radius 1 is 1.38 bits per heavy atom. The van der Waals surface area contributed by atoms with Crippen molar-refractivity contribution in [1.29, 1.82) is 0 Å². The Morgan fingerprint density at radius 2 is 2.08 bits per heavy atom. The van der Waals surface area contributed by atoms with Gasteiger partial charge in [-0.3, -0.25) is 9.69 Å². The van der Waals surface area contributed by atoms with Crippen LogP contribution in [-0.2, 0) is 9.53 Å². The highest BCUT2D eigenvalue weighted by Crippen LogP contribution is 2.01. The molecule has 1 aliphatic rings. The third-order valence-electron chi connectivity index (χ3n) is 2.43. The summed E-state index contributed by atoms with van der Waals surface area (Å²) in [5.74, 6) is 0.383. The summed E-state index contributed by atoms with van der Waals surface area (Å²) in [7, 11) is 0. The fourth-order valence-corrected chi connectivity index (χ4v) is 1.50. The predicted molar refractivity (Wildman–Crippen MR) is 51.8 cm³/mol. The number of rotatable bonds is 5. The number of carbonyl (C=O) groups is 1. The van der Waals surface area contributed by atoms with E-state index in [1.807, 2.05) is 6.92 Å². The van der Waals surface area contributed by atoms with E-state index in [-0.39, 0.29) is 0 Å². The first-order chi connectivity index (χ1) is 6.33. The molecule has 1 aliphatic heterocycles. The van der Waals surface area contributed by atoms with Crippen molar-refractivity contribution in [3.63, 3.8) is 0 Å². The summed E-state index contributed by atoms with van der Waals surface area (Å²) in [6, 6.07) is 0. The van der Waals surface area contributed by atoms with E-state index in [1.165, 1.54) is 0 Å². The second kappa shape index (κ2) is 6.11. The summed E-state index contributed by atoms with van der Waals surface area (Å²) in [4.78, 5) is 13.4. The largest absolute Gasteiger partial charge is 0.379 e. The molecule has 0 aromatic heterocycles. The number of ether oxygens (including phenoxy) is 1. The summed E-state index contributed by atoms with van der Waals surface area (Å²) in [6.45, 7) is 6.73. The smallest absolute Gasteiger partial charge is 0.132 e. The molecule has 0 aromatic rings. The minimum Gasteiger partial charge on any atom is -0.379 e. The standard InChI is InChI=1S/C10H19NO2/c1-2-10(12)4-3-5-11-6-8-13-9-7-11/h2-9H2,1H3. The number of morpholine rings is 1. The average Bonchev–Trinajstić information content (AvgIpc) is 2.19. The molecule has 0 atom stereocenters. The number of carbonyl (C=O) groups excluding carboxylic acids is 1. The molecule has 1 saturated heterocycles. The fraction of sp³-hybridized carbons (Fsp3) is 0.900. The second-order valence-electron chi connectivity index (χ2n) is 3.45. The molecule has 0 radical (unpaired) electrons. The molecule has 0 aliphatic carbocycles. The third-order valence-corrected chi connectivity index (χ3v) is 2.43. The molecule has 76 valence electrons. The molecule has 3 heteroatoms. The minimum atomic E-state index is 0.383. The molecule has 0 bridgehead atoms. The molecule has 0 aromatic carbocycles. The molecule has 0 unspecified atom stereocenters. The van der Waals surface area contributed by atoms with Crippen LogP contribution in [0.25, 0.3) is 0 Å². The lowest BCUT2D eigenvalue weighted by Crippen LogP contribution is -2.36. The summed E-state index contributed by atoms with van der Waals surface area (Å²) in [5.41, 5.74) is 0. The zero-order valence-electron chi connectivity index (χ0n) is 8.42. The zero-order chi connectivity index (χ0) is 9.52. The van der Waals surface area contributed by atoms with E-state index in [1.54, 1.807) is 0 Å². The van der Waals surface area contributed by atoms with Crippen LogP contribution in [0.15, 0.2) is 0 Å². The van der Waals surface area contributed by atoms with Crippen LogP contribution in [0.2, 0.25) is 0 Å². The highest BCUT2D eigenvalue weighted by Gasteiger charge is 2.09. The van der Waals surface area contributed by atoms with Crippen LogP contribution in [0.3, 0.4) is 0 Å². The van der Waals surface area contributed by atoms with E-state index in [0.29, 0.717) is 12.2 Å². The van der Waals surface area contributed by atoms with E-state index in [2.05, 4.69) is 4.90 Å². The molecule has 0 N–H and O–H groups in total. The zero-order valence-corrected chi connectivity index (χ0v) is 8.42. The van der Waals surface area contributed by atoms with Crippen molar-refractivity contribution >= 4 is 5.78 Å². The van der Waals surface area contributed by atoms with Crippen molar-refractivity contribution in [3.05, 3.63) is 0 Å². The number of Topliss-reactive ketones (excluding diaryl/α,β-unsaturated/α-hetero) is 1. The maximum atomic E-state index is 11.0. The van der Waals surface area contributed by atoms with E-state index in [0.717, 1.165) is 45.7 Å². The van der Waals surface area contributed by atoms with Crippen molar-refractivity contribution in [3.8, 4) is 0 Å². The Morgan fingerprint density at radius 3 is 2.69 bits per heavy atom. The van der Waals surface area contributed by atoms with Gasteiger partial charge >= 0.3 is 0 Å². The highest BCUT2D eigenvalue weighted by atomic mass is 16.5. The number of hydrogen-bond acceptors (Lipinski definition) is 3. The van der Waals surface area contributed by atoms with Crippen LogP contribution in [0.1, 0.15) is 26.2 Å². The monoisotopic (exact) mass is 185 g/mol. The molecule has 0 saturated carbocycles. The molecular formula is C10H19NO2. The average molecular weight is 185 g/mol. The SMILES string of the molecule is CCC(=O)CCCN1CCOCC1. The van der Waals surface area contributed by atoms with E-state index >= 15 is 0 Å². The van der Waals surface area contributed by atoms with Crippen molar-refractivity contribution in [2.24, 2.45) is 0 Å². The van der Waals surface area contributed by atoms with Crippen LogP contribution in [0.4, 0.5) is 0 Å². The lowest BCUT2D eigenvalue weighted by Gasteiger charge is -2.26. The molecule has 13 heavy (non-hydrogen) atoms. The molecule has 1 fully saturated rings. The van der Waals surface area contributed by atoms with Gasteiger partial charge in [-0.2, -0.15) is 0 Å². The molecule has 3 nitrogen and oxygen atoms in total. The van der Waals surface area contributed by atoms with Crippen LogP contribution >= 0.6 is 0 Å². The van der Waals surface area contributed by atoms with Gasteiger partial charge in [0.1, 0.15) is 5.78 Å². The molecule has 1 heterocycles. The van der Waals surface area contributed by atoms with Gasteiger partial charge in [0.25, 0.3) is 0 Å². The lowest BCUT2D eigenvalue weighted by atomic mass is 10.2. The summed E-state index contributed by atoms with van der Waals surface area (Å²) < 4.78 is 5.24. The van der Waals surface area contributed by atoms with Gasteiger partial charge in [0.05, 0.1) is 13.2 Å². The summed E-state index contributed by atoms with van der Waals surface area (Å²) in [5, 5.41) is 0. The third kappa shape index (κ3) is 4.39. The van der Waals surface area contributed by atoms with Gasteiger partial charge in [-0.1, -0.05) is 6.92 Å². The van der Waals surface area contributed by atoms with Gasteiger partial charge in [-0.25, -0.2) is 0 Å². The Labute approximate surface area is 80.1 Å². The topological polar surface area (TPSA) is 29.5 Å². The number of ketones is 1. The number of hydrogen-bond donors (Lipinski definition) is 0. The Balaban J connectivity index is 2.01. The summed E-state index contributed by atoms with van der Waals surface area (Å²) >= 11 is 0. The maximum Gasteiger partial charge on any atom is 0.132 e. The van der Waals surface area contributed by atoms with Gasteiger partial charge in [-0.05, 0) is 13.0 Å². The first-order valence-electron chi connectivity index (χ1n) is 5.14. The first-order valence-corrected chi connectivity index (χ1v) is 5.14. The van der Waals surface area contributed by atoms with Crippen molar-refractivity contribution in [1.82, 2.24) is 4.90 Å². The van der Waals surface area contributed by atoms with E-state index in [9.17, 15) is 4.79 Å². The first kappa shape index (κ1) is 10.7.